The van der Waals surface area contributed by atoms with Crippen molar-refractivity contribution < 1.29 is 27.2 Å². The van der Waals surface area contributed by atoms with Gasteiger partial charge in [0.15, 0.2) is 0 Å². The van der Waals surface area contributed by atoms with Crippen LogP contribution in [0.2, 0.25) is 0 Å². The molecule has 0 aliphatic heterocycles. The molecule has 11 heteroatoms. The number of benzene rings is 1. The van der Waals surface area contributed by atoms with Crippen LogP contribution in [0.1, 0.15) is 11.6 Å². The molecule has 0 aliphatic rings. The quantitative estimate of drug-likeness (QED) is 0.495. The summed E-state index contributed by atoms with van der Waals surface area (Å²) in [5.41, 5.74) is 0.115. The van der Waals surface area contributed by atoms with Gasteiger partial charge in [0.2, 0.25) is 11.7 Å². The zero-order chi connectivity index (χ0) is 20.1. The van der Waals surface area contributed by atoms with Crippen LogP contribution in [-0.2, 0) is 17.5 Å². The first kappa shape index (κ1) is 19.7. The Labute approximate surface area is 160 Å². The number of thioether (sulfide) groups is 1. The summed E-state index contributed by atoms with van der Waals surface area (Å²) in [7, 11) is 0. The van der Waals surface area contributed by atoms with Crippen LogP contribution in [0.15, 0.2) is 52.1 Å². The van der Waals surface area contributed by atoms with Crippen LogP contribution in [0.25, 0.3) is 10.9 Å². The Morgan fingerprint density at radius 3 is 2.61 bits per heavy atom. The third-order valence-corrected chi connectivity index (χ3v) is 4.41. The zero-order valence-electron chi connectivity index (χ0n) is 14.1. The normalized spacial score (nSPS) is 11.4. The second kappa shape index (κ2) is 8.30. The first-order valence-electron chi connectivity index (χ1n) is 7.90. The molecule has 7 nitrogen and oxygen atoms in total. The van der Waals surface area contributed by atoms with E-state index >= 15 is 0 Å². The monoisotopic (exact) mass is 410 g/mol. The van der Waals surface area contributed by atoms with Crippen LogP contribution >= 0.6 is 11.8 Å². The van der Waals surface area contributed by atoms with Gasteiger partial charge in [0.05, 0.1) is 24.1 Å². The molecule has 2 heterocycles. The molecule has 0 spiro atoms. The van der Waals surface area contributed by atoms with Crippen LogP contribution in [0.5, 0.6) is 0 Å². The van der Waals surface area contributed by atoms with E-state index in [1.807, 2.05) is 0 Å². The second-order valence-corrected chi connectivity index (χ2v) is 6.43. The average Bonchev–Trinajstić information content (AvgIpc) is 3.17. The third kappa shape index (κ3) is 5.00. The Kier molecular flexibility index (Phi) is 5.83. The maximum Gasteiger partial charge on any atom is 0.451 e. The van der Waals surface area contributed by atoms with Gasteiger partial charge in [-0.05, 0) is 18.2 Å². The zero-order valence-corrected chi connectivity index (χ0v) is 14.9. The fraction of sp³-hybridized carbons (Fsp3) is 0.176. The van der Waals surface area contributed by atoms with Crippen molar-refractivity contribution in [2.45, 2.75) is 17.7 Å². The van der Waals surface area contributed by atoms with E-state index in [2.05, 4.69) is 20.6 Å². The molecule has 1 aromatic carbocycles. The molecular weight excluding hydrogens is 397 g/mol. The number of nitrogens with one attached hydrogen (secondary N) is 2. The van der Waals surface area contributed by atoms with E-state index in [1.165, 1.54) is 12.3 Å². The number of rotatable bonds is 5. The molecule has 3 amide bonds. The summed E-state index contributed by atoms with van der Waals surface area (Å²) >= 11 is 0.784. The summed E-state index contributed by atoms with van der Waals surface area (Å²) in [6.07, 6.45) is -3.27. The largest absolute Gasteiger partial charge is 0.467 e. The van der Waals surface area contributed by atoms with Crippen molar-refractivity contribution in [2.75, 3.05) is 5.75 Å². The molecule has 28 heavy (non-hydrogen) atoms. The molecule has 0 saturated carbocycles. The highest BCUT2D eigenvalue weighted by molar-refractivity contribution is 8.00. The van der Waals surface area contributed by atoms with Crippen molar-refractivity contribution in [1.82, 2.24) is 20.6 Å². The second-order valence-electron chi connectivity index (χ2n) is 5.47. The van der Waals surface area contributed by atoms with Gasteiger partial charge in [0.1, 0.15) is 10.8 Å². The van der Waals surface area contributed by atoms with E-state index < -0.39 is 23.9 Å². The Balaban J connectivity index is 1.64. The summed E-state index contributed by atoms with van der Waals surface area (Å²) in [5.74, 6) is -1.76. The van der Waals surface area contributed by atoms with E-state index in [4.69, 9.17) is 4.42 Å². The number of fused-ring (bicyclic) bond motifs is 1. The molecule has 0 saturated heterocycles. The van der Waals surface area contributed by atoms with Gasteiger partial charge in [-0.25, -0.2) is 14.8 Å². The Morgan fingerprint density at radius 2 is 1.89 bits per heavy atom. The first-order chi connectivity index (χ1) is 13.3. The molecule has 2 N–H and O–H groups in total. The number of carbonyl (C=O) groups is 2. The van der Waals surface area contributed by atoms with Gasteiger partial charge in [-0.15, -0.1) is 0 Å². The number of imide groups is 1. The number of carbonyl (C=O) groups excluding carboxylic acids is 2. The van der Waals surface area contributed by atoms with Gasteiger partial charge >= 0.3 is 12.2 Å². The number of para-hydroxylation sites is 1. The number of alkyl halides is 3. The number of aromatic nitrogens is 2. The van der Waals surface area contributed by atoms with E-state index in [0.717, 1.165) is 11.8 Å². The van der Waals surface area contributed by atoms with E-state index in [9.17, 15) is 22.8 Å². The van der Waals surface area contributed by atoms with Crippen molar-refractivity contribution >= 4 is 34.6 Å². The number of halogens is 3. The topological polar surface area (TPSA) is 97.1 Å². The molecule has 3 rings (SSSR count). The molecular formula is C17H13F3N4O3S. The van der Waals surface area contributed by atoms with Crippen molar-refractivity contribution in [3.05, 3.63) is 54.2 Å². The molecule has 0 bridgehead atoms. The van der Waals surface area contributed by atoms with Gasteiger partial charge in [-0.3, -0.25) is 10.1 Å². The minimum absolute atomic E-state index is 0.00377. The van der Waals surface area contributed by atoms with Gasteiger partial charge < -0.3 is 9.73 Å². The molecule has 0 fully saturated rings. The van der Waals surface area contributed by atoms with Crippen molar-refractivity contribution in [2.24, 2.45) is 0 Å². The van der Waals surface area contributed by atoms with Crippen LogP contribution in [0.3, 0.4) is 0 Å². The first-order valence-corrected chi connectivity index (χ1v) is 8.88. The summed E-state index contributed by atoms with van der Waals surface area (Å²) < 4.78 is 44.0. The molecule has 0 unspecified atom stereocenters. The summed E-state index contributed by atoms with van der Waals surface area (Å²) in [6, 6.07) is 8.73. The van der Waals surface area contributed by atoms with Gasteiger partial charge in [-0.1, -0.05) is 30.0 Å². The lowest BCUT2D eigenvalue weighted by Crippen LogP contribution is -2.39. The molecule has 0 aliphatic carbocycles. The number of hydrogen-bond donors (Lipinski definition) is 2. The fourth-order valence-electron chi connectivity index (χ4n) is 2.21. The predicted molar refractivity (Wildman–Crippen MR) is 94.4 cm³/mol. The fourth-order valence-corrected chi connectivity index (χ4v) is 3.02. The smallest absolute Gasteiger partial charge is 0.451 e. The van der Waals surface area contributed by atoms with Crippen LogP contribution in [0, 0.1) is 0 Å². The maximum atomic E-state index is 13.0. The Bertz CT molecular complexity index is 993. The van der Waals surface area contributed by atoms with E-state index in [-0.39, 0.29) is 22.8 Å². The molecule has 3 aromatic rings. The molecule has 2 aromatic heterocycles. The number of hydrogen-bond acceptors (Lipinski definition) is 6. The molecule has 0 atom stereocenters. The van der Waals surface area contributed by atoms with Crippen molar-refractivity contribution in [3.63, 3.8) is 0 Å². The van der Waals surface area contributed by atoms with Crippen LogP contribution in [0.4, 0.5) is 18.0 Å². The number of amides is 3. The lowest BCUT2D eigenvalue weighted by Gasteiger charge is -2.10. The highest BCUT2D eigenvalue weighted by Crippen LogP contribution is 2.31. The third-order valence-electron chi connectivity index (χ3n) is 3.42. The SMILES string of the molecule is O=C(CSc1nc(C(F)(F)F)nc2ccccc12)NC(=O)NCc1ccco1. The van der Waals surface area contributed by atoms with Gasteiger partial charge in [0.25, 0.3) is 0 Å². The van der Waals surface area contributed by atoms with Crippen LogP contribution < -0.4 is 10.6 Å². The highest BCUT2D eigenvalue weighted by atomic mass is 32.2. The number of nitrogens with zero attached hydrogens (tertiary/aromatic N) is 2. The van der Waals surface area contributed by atoms with Crippen molar-refractivity contribution in [3.8, 4) is 0 Å². The lowest BCUT2D eigenvalue weighted by molar-refractivity contribution is -0.145. The van der Waals surface area contributed by atoms with Gasteiger partial charge in [-0.2, -0.15) is 13.2 Å². The Morgan fingerprint density at radius 1 is 1.11 bits per heavy atom. The molecule has 0 radical (unpaired) electrons. The Hall–Kier alpha value is -3.08. The summed E-state index contributed by atoms with van der Waals surface area (Å²) in [5, 5.41) is 4.90. The predicted octanol–water partition coefficient (Wildman–Crippen LogP) is 3.36. The highest BCUT2D eigenvalue weighted by Gasteiger charge is 2.35. The summed E-state index contributed by atoms with van der Waals surface area (Å²) in [6.45, 7) is 0.0880. The van der Waals surface area contributed by atoms with Gasteiger partial charge in [0, 0.05) is 5.39 Å². The standard InChI is InChI=1S/C17H13F3N4O3S/c18-17(19,20)15-22-12-6-2-1-5-11(12)14(24-15)28-9-13(25)23-16(26)21-8-10-4-3-7-27-10/h1-7H,8-9H2,(H2,21,23,25,26). The van der Waals surface area contributed by atoms with Crippen LogP contribution in [-0.4, -0.2) is 27.7 Å². The number of urea groups is 1. The minimum Gasteiger partial charge on any atom is -0.467 e. The summed E-state index contributed by atoms with van der Waals surface area (Å²) in [4.78, 5) is 30.6. The lowest BCUT2D eigenvalue weighted by atomic mass is 10.2. The molecule has 146 valence electrons. The number of furan rings is 1. The minimum atomic E-state index is -4.71. The van der Waals surface area contributed by atoms with E-state index in [0.29, 0.717) is 11.1 Å². The van der Waals surface area contributed by atoms with Crippen molar-refractivity contribution in [1.29, 1.82) is 0 Å². The maximum absolute atomic E-state index is 13.0. The average molecular weight is 410 g/mol. The van der Waals surface area contributed by atoms with E-state index in [1.54, 1.807) is 30.3 Å².